The van der Waals surface area contributed by atoms with Gasteiger partial charge < -0.3 is 20.3 Å². The fourth-order valence-corrected chi connectivity index (χ4v) is 4.32. The van der Waals surface area contributed by atoms with Crippen molar-refractivity contribution >= 4 is 23.2 Å². The average Bonchev–Trinajstić information content (AvgIpc) is 3.08. The number of fused-ring (bicyclic) bond motifs is 2. The molecule has 10 nitrogen and oxygen atoms in total. The number of piperidine rings is 1. The Kier molecular flexibility index (Phi) is 4.50. The van der Waals surface area contributed by atoms with E-state index in [1.54, 1.807) is 16.8 Å². The molecule has 2 fully saturated rings. The van der Waals surface area contributed by atoms with Gasteiger partial charge in [0.25, 0.3) is 11.8 Å². The summed E-state index contributed by atoms with van der Waals surface area (Å²) < 4.78 is 7.06. The summed E-state index contributed by atoms with van der Waals surface area (Å²) in [5, 5.41) is 6.28. The summed E-state index contributed by atoms with van der Waals surface area (Å²) in [6, 6.07) is 0.644. The number of aromatic nitrogens is 5. The van der Waals surface area contributed by atoms with E-state index in [0.29, 0.717) is 35.2 Å². The molecule has 2 N–H and O–H groups in total. The van der Waals surface area contributed by atoms with Gasteiger partial charge in [-0.05, 0) is 25.3 Å². The van der Waals surface area contributed by atoms with Crippen molar-refractivity contribution in [3.63, 3.8) is 0 Å². The predicted octanol–water partition coefficient (Wildman–Crippen LogP) is 1.13. The Balaban J connectivity index is 1.27. The van der Waals surface area contributed by atoms with Gasteiger partial charge in [0.1, 0.15) is 11.5 Å². The lowest BCUT2D eigenvalue weighted by Gasteiger charge is -2.20. The third kappa shape index (κ3) is 3.22. The summed E-state index contributed by atoms with van der Waals surface area (Å²) in [6.45, 7) is 7.00. The molecule has 1 amide bonds. The number of hydrogen-bond acceptors (Lipinski definition) is 8. The van der Waals surface area contributed by atoms with Gasteiger partial charge in [0.05, 0.1) is 31.4 Å². The first kappa shape index (κ1) is 18.7. The molecule has 4 heterocycles. The van der Waals surface area contributed by atoms with E-state index < -0.39 is 0 Å². The zero-order valence-corrected chi connectivity index (χ0v) is 17.2. The molecular weight excluding hydrogens is 384 g/mol. The van der Waals surface area contributed by atoms with Crippen LogP contribution in [-0.4, -0.2) is 63.0 Å². The van der Waals surface area contributed by atoms with Crippen molar-refractivity contribution in [2.24, 2.45) is 11.8 Å². The zero-order chi connectivity index (χ0) is 20.8. The maximum Gasteiger partial charge on any atom is 0.277 e. The highest BCUT2D eigenvalue weighted by Crippen LogP contribution is 2.46. The van der Waals surface area contributed by atoms with Crippen LogP contribution in [0.15, 0.2) is 24.8 Å². The van der Waals surface area contributed by atoms with Crippen LogP contribution in [-0.2, 0) is 0 Å². The van der Waals surface area contributed by atoms with Gasteiger partial charge >= 0.3 is 0 Å². The van der Waals surface area contributed by atoms with E-state index in [2.05, 4.69) is 42.4 Å². The monoisotopic (exact) mass is 408 g/mol. The molecular formula is C20H24N8O2. The van der Waals surface area contributed by atoms with Crippen LogP contribution < -0.4 is 20.3 Å². The largest absolute Gasteiger partial charge is 0.478 e. The molecule has 5 rings (SSSR count). The number of methoxy groups -OCH3 is 1. The fourth-order valence-electron chi connectivity index (χ4n) is 4.32. The highest BCUT2D eigenvalue weighted by Gasteiger charge is 2.55. The minimum Gasteiger partial charge on any atom is -0.478 e. The molecule has 3 atom stereocenters. The summed E-state index contributed by atoms with van der Waals surface area (Å²) in [4.78, 5) is 32.3. The number of hydrogen-bond donors (Lipinski definition) is 2. The number of rotatable bonds is 6. The topological polar surface area (TPSA) is 110 Å². The second-order valence-electron chi connectivity index (χ2n) is 7.78. The lowest BCUT2D eigenvalue weighted by atomic mass is 10.3. The van der Waals surface area contributed by atoms with Crippen LogP contribution in [0.5, 0.6) is 5.88 Å². The average molecular weight is 408 g/mol. The number of aryl methyl sites for hydroxylation is 1. The normalized spacial score (nSPS) is 22.2. The summed E-state index contributed by atoms with van der Waals surface area (Å²) in [5.41, 5.74) is 1.66. The number of anilines is 2. The minimum absolute atomic E-state index is 0.233. The Morgan fingerprint density at radius 1 is 1.20 bits per heavy atom. The van der Waals surface area contributed by atoms with Gasteiger partial charge in [-0.3, -0.25) is 9.20 Å². The molecule has 0 spiro atoms. The number of carbonyl (C=O) groups excluding carboxylic acids is 1. The first-order chi connectivity index (χ1) is 14.6. The molecule has 3 aromatic rings. The van der Waals surface area contributed by atoms with Gasteiger partial charge in [0.15, 0.2) is 5.82 Å². The second kappa shape index (κ2) is 7.21. The van der Waals surface area contributed by atoms with Crippen LogP contribution in [0.25, 0.3) is 5.65 Å². The second-order valence-corrected chi connectivity index (χ2v) is 7.78. The molecule has 0 radical (unpaired) electrons. The quantitative estimate of drug-likeness (QED) is 0.625. The van der Waals surface area contributed by atoms with Crippen molar-refractivity contribution in [3.05, 3.63) is 36.2 Å². The first-order valence-corrected chi connectivity index (χ1v) is 10.1. The molecule has 3 aromatic heterocycles. The van der Waals surface area contributed by atoms with Crippen LogP contribution in [0.4, 0.5) is 11.6 Å². The summed E-state index contributed by atoms with van der Waals surface area (Å²) in [5.74, 6) is 2.50. The van der Waals surface area contributed by atoms with Crippen LogP contribution in [0, 0.1) is 18.8 Å². The Bertz CT molecular complexity index is 1080. The van der Waals surface area contributed by atoms with E-state index in [9.17, 15) is 4.79 Å². The van der Waals surface area contributed by atoms with Crippen molar-refractivity contribution in [1.82, 2.24) is 29.7 Å². The number of nitrogens with zero attached hydrogens (tertiary/aromatic N) is 6. The SMILES string of the molecule is CCNC1[C@H]2CN(c3cnc(C(=O)Nc4cn5cc(C)nc5c(OC)n4)cn3)C[C@@H]12. The van der Waals surface area contributed by atoms with Gasteiger partial charge in [-0.25, -0.2) is 15.0 Å². The van der Waals surface area contributed by atoms with Gasteiger partial charge in [-0.1, -0.05) is 6.92 Å². The van der Waals surface area contributed by atoms with E-state index >= 15 is 0 Å². The van der Waals surface area contributed by atoms with E-state index in [0.717, 1.165) is 31.1 Å². The Morgan fingerprint density at radius 2 is 2.00 bits per heavy atom. The van der Waals surface area contributed by atoms with Crippen molar-refractivity contribution in [2.75, 3.05) is 37.0 Å². The number of imidazole rings is 1. The smallest absolute Gasteiger partial charge is 0.277 e. The number of nitrogens with one attached hydrogen (secondary N) is 2. The molecule has 2 aliphatic rings. The van der Waals surface area contributed by atoms with Crippen molar-refractivity contribution < 1.29 is 9.53 Å². The third-order valence-electron chi connectivity index (χ3n) is 5.79. The number of amides is 1. The van der Waals surface area contributed by atoms with E-state index in [1.807, 2.05) is 13.1 Å². The summed E-state index contributed by atoms with van der Waals surface area (Å²) >= 11 is 0. The van der Waals surface area contributed by atoms with Crippen LogP contribution in [0.2, 0.25) is 0 Å². The maximum atomic E-state index is 12.6. The van der Waals surface area contributed by atoms with Crippen LogP contribution in [0.1, 0.15) is 23.1 Å². The molecule has 0 aromatic carbocycles. The van der Waals surface area contributed by atoms with Crippen molar-refractivity contribution in [1.29, 1.82) is 0 Å². The lowest BCUT2D eigenvalue weighted by Crippen LogP contribution is -2.31. The zero-order valence-electron chi connectivity index (χ0n) is 17.2. The highest BCUT2D eigenvalue weighted by atomic mass is 16.5. The van der Waals surface area contributed by atoms with E-state index in [1.165, 1.54) is 13.3 Å². The molecule has 1 aliphatic heterocycles. The highest BCUT2D eigenvalue weighted by molar-refractivity contribution is 6.02. The number of ether oxygens (including phenoxy) is 1. The van der Waals surface area contributed by atoms with Gasteiger partial charge in [0, 0.05) is 25.3 Å². The predicted molar refractivity (Wildman–Crippen MR) is 111 cm³/mol. The fraction of sp³-hybridized carbons (Fsp3) is 0.450. The van der Waals surface area contributed by atoms with Crippen molar-refractivity contribution in [2.45, 2.75) is 19.9 Å². The van der Waals surface area contributed by atoms with E-state index in [4.69, 9.17) is 4.74 Å². The molecule has 1 unspecified atom stereocenters. The van der Waals surface area contributed by atoms with E-state index in [-0.39, 0.29) is 11.6 Å². The Labute approximate surface area is 173 Å². The van der Waals surface area contributed by atoms with Gasteiger partial charge in [0.2, 0.25) is 5.65 Å². The van der Waals surface area contributed by atoms with Gasteiger partial charge in [-0.15, -0.1) is 0 Å². The molecule has 1 aliphatic carbocycles. The molecule has 156 valence electrons. The molecule has 1 saturated heterocycles. The Hall–Kier alpha value is -3.27. The molecule has 1 saturated carbocycles. The lowest BCUT2D eigenvalue weighted by molar-refractivity contribution is 0.102. The maximum absolute atomic E-state index is 12.6. The number of carbonyl (C=O) groups is 1. The van der Waals surface area contributed by atoms with Crippen LogP contribution >= 0.6 is 0 Å². The minimum atomic E-state index is -0.378. The van der Waals surface area contributed by atoms with Crippen LogP contribution in [0.3, 0.4) is 0 Å². The van der Waals surface area contributed by atoms with Crippen molar-refractivity contribution in [3.8, 4) is 5.88 Å². The standard InChI is InChI=1S/C20H24N8O2/c1-4-21-17-12-8-27(9-13(12)17)16-6-22-14(5-23-16)19(29)25-15-10-28-7-11(2)24-18(28)20(26-15)30-3/h5-7,10,12-13,17,21H,4,8-9H2,1-3H3,(H,25,29)/t12-,13+,17?. The third-order valence-corrected chi connectivity index (χ3v) is 5.79. The summed E-state index contributed by atoms with van der Waals surface area (Å²) in [6.07, 6.45) is 6.70. The first-order valence-electron chi connectivity index (χ1n) is 10.1. The molecule has 0 bridgehead atoms. The Morgan fingerprint density at radius 3 is 2.67 bits per heavy atom. The summed E-state index contributed by atoms with van der Waals surface area (Å²) in [7, 11) is 1.52. The molecule has 30 heavy (non-hydrogen) atoms. The molecule has 10 heteroatoms. The van der Waals surface area contributed by atoms with Gasteiger partial charge in [-0.2, -0.15) is 4.98 Å².